The molecule has 0 bridgehead atoms. The molecular weight excluding hydrogens is 284 g/mol. The monoisotopic (exact) mass is 294 g/mol. The Morgan fingerprint density at radius 1 is 1.58 bits per heavy atom. The van der Waals surface area contributed by atoms with Gasteiger partial charge in [-0.25, -0.2) is 9.67 Å². The van der Waals surface area contributed by atoms with Crippen molar-refractivity contribution >= 4 is 28.6 Å². The van der Waals surface area contributed by atoms with Gasteiger partial charge in [0.2, 0.25) is 0 Å². The van der Waals surface area contributed by atoms with Crippen LogP contribution in [0.25, 0.3) is 0 Å². The predicted octanol–water partition coefficient (Wildman–Crippen LogP) is 1.91. The van der Waals surface area contributed by atoms with Crippen LogP contribution in [0.3, 0.4) is 0 Å². The van der Waals surface area contributed by atoms with Crippen LogP contribution in [-0.2, 0) is 13.1 Å². The van der Waals surface area contributed by atoms with E-state index in [1.54, 1.807) is 17.5 Å². The van der Waals surface area contributed by atoms with Crippen molar-refractivity contribution in [1.82, 2.24) is 14.8 Å². The number of rotatable bonds is 4. The summed E-state index contributed by atoms with van der Waals surface area (Å²) in [5, 5.41) is 8.00. The van der Waals surface area contributed by atoms with E-state index in [4.69, 9.17) is 18.0 Å². The highest BCUT2D eigenvalue weighted by molar-refractivity contribution is 7.11. The van der Waals surface area contributed by atoms with Crippen LogP contribution in [0.2, 0.25) is 5.02 Å². The van der Waals surface area contributed by atoms with Crippen molar-refractivity contribution in [2.24, 2.45) is 0 Å². The molecule has 19 heavy (non-hydrogen) atoms. The third kappa shape index (κ3) is 3.13. The molecule has 0 spiro atoms. The van der Waals surface area contributed by atoms with Gasteiger partial charge in [-0.2, -0.15) is 5.10 Å². The number of halogens is 1. The highest BCUT2D eigenvalue weighted by Crippen LogP contribution is 2.17. The summed E-state index contributed by atoms with van der Waals surface area (Å²) in [4.78, 5) is 17.4. The lowest BCUT2D eigenvalue weighted by molar-refractivity contribution is 0.664. The van der Waals surface area contributed by atoms with Crippen LogP contribution in [0.1, 0.15) is 9.88 Å². The molecule has 0 fully saturated rings. The van der Waals surface area contributed by atoms with E-state index in [0.717, 1.165) is 9.88 Å². The zero-order valence-corrected chi connectivity index (χ0v) is 11.8. The molecule has 0 aliphatic heterocycles. The minimum Gasteiger partial charge on any atom is -0.373 e. The summed E-state index contributed by atoms with van der Waals surface area (Å²) in [5.74, 6) is 2.37. The summed E-state index contributed by atoms with van der Waals surface area (Å²) in [7, 11) is 0. The molecule has 2 rings (SSSR count). The number of hydrogen-bond donors (Lipinski definition) is 1. The molecule has 0 saturated carbocycles. The minimum atomic E-state index is -0.335. The smallest absolute Gasteiger partial charge is 0.292 e. The largest absolute Gasteiger partial charge is 0.373 e. The molecule has 98 valence electrons. The Kier molecular flexibility index (Phi) is 4.20. The van der Waals surface area contributed by atoms with Crippen LogP contribution in [0.15, 0.2) is 17.2 Å². The van der Waals surface area contributed by atoms with E-state index in [-0.39, 0.29) is 17.1 Å². The Morgan fingerprint density at radius 3 is 3.00 bits per heavy atom. The van der Waals surface area contributed by atoms with E-state index >= 15 is 0 Å². The van der Waals surface area contributed by atoms with Gasteiger partial charge in [0, 0.05) is 11.1 Å². The Labute approximate surface area is 119 Å². The maximum absolute atomic E-state index is 12.0. The van der Waals surface area contributed by atoms with Gasteiger partial charge in [-0.15, -0.1) is 17.8 Å². The lowest BCUT2D eigenvalue weighted by Crippen LogP contribution is -2.25. The number of nitrogens with one attached hydrogen (secondary N) is 1. The summed E-state index contributed by atoms with van der Waals surface area (Å²) in [6.07, 6.45) is 8.36. The van der Waals surface area contributed by atoms with Gasteiger partial charge in [-0.3, -0.25) is 4.79 Å². The fourth-order valence-corrected chi connectivity index (χ4v) is 2.39. The van der Waals surface area contributed by atoms with Gasteiger partial charge in [0.25, 0.3) is 5.56 Å². The van der Waals surface area contributed by atoms with E-state index in [9.17, 15) is 4.79 Å². The van der Waals surface area contributed by atoms with E-state index in [1.807, 2.05) is 6.92 Å². The van der Waals surface area contributed by atoms with Crippen molar-refractivity contribution in [2.45, 2.75) is 20.0 Å². The van der Waals surface area contributed by atoms with Crippen molar-refractivity contribution < 1.29 is 0 Å². The molecule has 0 unspecified atom stereocenters. The minimum absolute atomic E-state index is 0.112. The van der Waals surface area contributed by atoms with Crippen LogP contribution in [0.5, 0.6) is 0 Å². The van der Waals surface area contributed by atoms with Gasteiger partial charge >= 0.3 is 0 Å². The summed E-state index contributed by atoms with van der Waals surface area (Å²) < 4.78 is 1.18. The zero-order valence-electron chi connectivity index (χ0n) is 10.2. The molecule has 0 aliphatic carbocycles. The molecule has 0 saturated heterocycles. The second-order valence-electron chi connectivity index (χ2n) is 3.75. The van der Waals surface area contributed by atoms with Crippen LogP contribution in [0.4, 0.5) is 5.69 Å². The van der Waals surface area contributed by atoms with Gasteiger partial charge in [-0.1, -0.05) is 17.5 Å². The molecule has 0 aromatic carbocycles. The third-order valence-corrected chi connectivity index (χ3v) is 3.52. The first-order chi connectivity index (χ1) is 9.11. The number of aromatic nitrogens is 3. The lowest BCUT2D eigenvalue weighted by atomic mass is 10.4. The first kappa shape index (κ1) is 13.6. The van der Waals surface area contributed by atoms with Crippen molar-refractivity contribution in [1.29, 1.82) is 0 Å². The third-order valence-electron chi connectivity index (χ3n) is 2.32. The Hall–Kier alpha value is -1.84. The van der Waals surface area contributed by atoms with E-state index < -0.39 is 0 Å². The molecule has 0 amide bonds. The first-order valence-corrected chi connectivity index (χ1v) is 6.65. The summed E-state index contributed by atoms with van der Waals surface area (Å²) in [5.41, 5.74) is -0.0431. The predicted molar refractivity (Wildman–Crippen MR) is 76.5 cm³/mol. The quantitative estimate of drug-likeness (QED) is 0.875. The Balaban J connectivity index is 2.22. The average Bonchev–Trinajstić information content (AvgIpc) is 2.79. The molecule has 7 heteroatoms. The molecule has 0 radical (unpaired) electrons. The number of aryl methyl sites for hydroxylation is 1. The Morgan fingerprint density at radius 2 is 2.37 bits per heavy atom. The highest BCUT2D eigenvalue weighted by atomic mass is 35.5. The van der Waals surface area contributed by atoms with Crippen LogP contribution in [0, 0.1) is 19.3 Å². The zero-order chi connectivity index (χ0) is 13.8. The number of thiazole rings is 1. The maximum Gasteiger partial charge on any atom is 0.292 e. The van der Waals surface area contributed by atoms with Crippen molar-refractivity contribution in [3.05, 3.63) is 37.7 Å². The molecule has 2 aromatic rings. The maximum atomic E-state index is 12.0. The van der Waals surface area contributed by atoms with E-state index in [1.165, 1.54) is 10.9 Å². The number of hydrogen-bond acceptors (Lipinski definition) is 5. The van der Waals surface area contributed by atoms with Gasteiger partial charge in [-0.05, 0) is 6.92 Å². The van der Waals surface area contributed by atoms with Crippen LogP contribution < -0.4 is 10.9 Å². The molecule has 1 N–H and O–H groups in total. The fourth-order valence-electron chi connectivity index (χ4n) is 1.47. The summed E-state index contributed by atoms with van der Waals surface area (Å²) in [6, 6.07) is 0. The second kappa shape index (κ2) is 5.87. The summed E-state index contributed by atoms with van der Waals surface area (Å²) >= 11 is 7.53. The van der Waals surface area contributed by atoms with Gasteiger partial charge in [0.1, 0.15) is 17.2 Å². The highest BCUT2D eigenvalue weighted by Gasteiger charge is 2.10. The second-order valence-corrected chi connectivity index (χ2v) is 5.48. The SMILES string of the molecule is C#CCn1ncc(Cl)c(NCc2ncc(C)s2)c1=O. The van der Waals surface area contributed by atoms with Gasteiger partial charge in [0.15, 0.2) is 0 Å². The van der Waals surface area contributed by atoms with Gasteiger partial charge < -0.3 is 5.32 Å². The Bertz CT molecular complexity index is 686. The van der Waals surface area contributed by atoms with Crippen molar-refractivity contribution in [3.8, 4) is 12.3 Å². The molecule has 2 aromatic heterocycles. The van der Waals surface area contributed by atoms with Crippen LogP contribution in [-0.4, -0.2) is 14.8 Å². The number of nitrogens with zero attached hydrogens (tertiary/aromatic N) is 3. The van der Waals surface area contributed by atoms with Gasteiger partial charge in [0.05, 0.1) is 17.8 Å². The van der Waals surface area contributed by atoms with E-state index in [0.29, 0.717) is 12.2 Å². The van der Waals surface area contributed by atoms with Crippen LogP contribution >= 0.6 is 22.9 Å². The average molecular weight is 295 g/mol. The standard InChI is InChI=1S/C12H11ClN4OS/c1-3-4-17-12(18)11(9(13)6-16-17)15-7-10-14-5-8(2)19-10/h1,5-6,15H,4,7H2,2H3. The number of terminal acetylenes is 1. The summed E-state index contributed by atoms with van der Waals surface area (Å²) in [6.45, 7) is 2.52. The topological polar surface area (TPSA) is 59.8 Å². The molecular formula is C12H11ClN4OS. The fraction of sp³-hybridized carbons (Fsp3) is 0.250. The molecule has 5 nitrogen and oxygen atoms in total. The lowest BCUT2D eigenvalue weighted by Gasteiger charge is -2.07. The normalized spacial score (nSPS) is 10.2. The molecule has 0 aliphatic rings. The number of anilines is 1. The molecule has 0 atom stereocenters. The first-order valence-electron chi connectivity index (χ1n) is 5.46. The molecule has 2 heterocycles. The van der Waals surface area contributed by atoms with Crippen molar-refractivity contribution in [3.63, 3.8) is 0 Å². The van der Waals surface area contributed by atoms with Crippen molar-refractivity contribution in [2.75, 3.05) is 5.32 Å². The van der Waals surface area contributed by atoms with E-state index in [2.05, 4.69) is 21.3 Å².